The van der Waals surface area contributed by atoms with Crippen molar-refractivity contribution >= 4 is 11.6 Å². The number of piperidine rings is 1. The maximum absolute atomic E-state index is 12.8. The highest BCUT2D eigenvalue weighted by Crippen LogP contribution is 2.45. The van der Waals surface area contributed by atoms with E-state index in [0.717, 1.165) is 42.5 Å². The molecule has 24 heavy (non-hydrogen) atoms. The smallest absolute Gasteiger partial charge is 0.253 e. The van der Waals surface area contributed by atoms with E-state index in [1.54, 1.807) is 0 Å². The van der Waals surface area contributed by atoms with E-state index in [1.807, 2.05) is 23.1 Å². The van der Waals surface area contributed by atoms with Crippen molar-refractivity contribution in [1.82, 2.24) is 4.90 Å². The summed E-state index contributed by atoms with van der Waals surface area (Å²) in [6.45, 7) is 1.66. The summed E-state index contributed by atoms with van der Waals surface area (Å²) in [7, 11) is 0. The molecule has 1 atom stereocenters. The molecule has 130 valence electrons. The van der Waals surface area contributed by atoms with Gasteiger partial charge in [-0.1, -0.05) is 6.07 Å². The predicted octanol–water partition coefficient (Wildman–Crippen LogP) is 3.13. The molecule has 0 bridgehead atoms. The van der Waals surface area contributed by atoms with Crippen molar-refractivity contribution in [2.75, 3.05) is 25.0 Å². The minimum Gasteiger partial charge on any atom is -0.396 e. The van der Waals surface area contributed by atoms with Crippen LogP contribution in [-0.2, 0) is 0 Å². The lowest BCUT2D eigenvalue weighted by Crippen LogP contribution is -2.41. The Bertz CT molecular complexity index is 583. The number of nitrogens with zero attached hydrogens (tertiary/aromatic N) is 1. The molecule has 1 aromatic carbocycles. The van der Waals surface area contributed by atoms with Gasteiger partial charge in [-0.25, -0.2) is 0 Å². The highest BCUT2D eigenvalue weighted by atomic mass is 16.3. The van der Waals surface area contributed by atoms with Crippen LogP contribution in [0.3, 0.4) is 0 Å². The van der Waals surface area contributed by atoms with Gasteiger partial charge in [0.2, 0.25) is 0 Å². The molecule has 1 amide bonds. The van der Waals surface area contributed by atoms with E-state index in [9.17, 15) is 9.90 Å². The number of hydrogen-bond donors (Lipinski definition) is 2. The lowest BCUT2D eigenvalue weighted by molar-refractivity contribution is 0.0621. The number of carbonyl (C=O) groups is 1. The third-order valence-corrected chi connectivity index (χ3v) is 5.77. The summed E-state index contributed by atoms with van der Waals surface area (Å²) in [5.74, 6) is 2.01. The predicted molar refractivity (Wildman–Crippen MR) is 95.0 cm³/mol. The zero-order chi connectivity index (χ0) is 16.5. The van der Waals surface area contributed by atoms with E-state index in [1.165, 1.54) is 25.7 Å². The monoisotopic (exact) mass is 328 g/mol. The van der Waals surface area contributed by atoms with E-state index in [2.05, 4.69) is 11.4 Å². The zero-order valence-electron chi connectivity index (χ0n) is 14.3. The Labute approximate surface area is 144 Å². The van der Waals surface area contributed by atoms with Crippen molar-refractivity contribution in [2.24, 2.45) is 17.8 Å². The Kier molecular flexibility index (Phi) is 4.49. The van der Waals surface area contributed by atoms with Crippen LogP contribution in [0.2, 0.25) is 0 Å². The Morgan fingerprint density at radius 2 is 1.96 bits per heavy atom. The maximum atomic E-state index is 12.8. The average molecular weight is 328 g/mol. The number of hydrogen-bond acceptors (Lipinski definition) is 3. The lowest BCUT2D eigenvalue weighted by atomic mass is 9.98. The number of anilines is 1. The molecular formula is C20H28N2O2. The summed E-state index contributed by atoms with van der Waals surface area (Å²) < 4.78 is 0. The summed E-state index contributed by atoms with van der Waals surface area (Å²) in [6.07, 6.45) is 7.41. The molecule has 1 aliphatic heterocycles. The van der Waals surface area contributed by atoms with Crippen molar-refractivity contribution in [3.8, 4) is 0 Å². The van der Waals surface area contributed by atoms with Crippen LogP contribution < -0.4 is 5.32 Å². The molecular weight excluding hydrogens is 300 g/mol. The van der Waals surface area contributed by atoms with Gasteiger partial charge < -0.3 is 15.3 Å². The molecule has 0 radical (unpaired) electrons. The molecule has 2 saturated carbocycles. The van der Waals surface area contributed by atoms with Gasteiger partial charge in [0, 0.05) is 37.0 Å². The second-order valence-corrected chi connectivity index (χ2v) is 7.87. The number of benzene rings is 1. The molecule has 1 aromatic rings. The Balaban J connectivity index is 1.44. The highest BCUT2D eigenvalue weighted by Gasteiger charge is 2.41. The Morgan fingerprint density at radius 1 is 1.21 bits per heavy atom. The van der Waals surface area contributed by atoms with Gasteiger partial charge >= 0.3 is 0 Å². The molecule has 0 spiro atoms. The first-order valence-electron chi connectivity index (χ1n) is 9.51. The van der Waals surface area contributed by atoms with Gasteiger partial charge in [-0.3, -0.25) is 4.79 Å². The topological polar surface area (TPSA) is 52.6 Å². The minimum absolute atomic E-state index is 0.103. The second kappa shape index (κ2) is 6.75. The molecule has 4 heteroatoms. The van der Waals surface area contributed by atoms with Gasteiger partial charge in [0.25, 0.3) is 5.91 Å². The molecule has 4 nitrogen and oxygen atoms in total. The van der Waals surface area contributed by atoms with Crippen LogP contribution in [-0.4, -0.2) is 41.7 Å². The van der Waals surface area contributed by atoms with E-state index in [-0.39, 0.29) is 18.4 Å². The van der Waals surface area contributed by atoms with Crippen LogP contribution in [0.15, 0.2) is 24.3 Å². The van der Waals surface area contributed by atoms with Crippen LogP contribution in [0.1, 0.15) is 48.9 Å². The largest absolute Gasteiger partial charge is 0.396 e. The number of likely N-dealkylation sites (tertiary alicyclic amines) is 1. The minimum atomic E-state index is 0.103. The van der Waals surface area contributed by atoms with Gasteiger partial charge in [0.05, 0.1) is 0 Å². The van der Waals surface area contributed by atoms with Gasteiger partial charge in [0.15, 0.2) is 0 Å². The summed E-state index contributed by atoms with van der Waals surface area (Å²) in [6, 6.07) is 8.60. The van der Waals surface area contributed by atoms with Gasteiger partial charge in [0.1, 0.15) is 0 Å². The standard InChI is InChI=1S/C20H28N2O2/c23-13-14-3-2-10-22(12-14)20(24)17-4-1-5-18(11-17)21-19(15-6-7-15)16-8-9-16/h1,4-5,11,14-16,19,21,23H,2-3,6-10,12-13H2. The SMILES string of the molecule is O=C(c1cccc(NC(C2CC2)C2CC2)c1)N1CCCC(CO)C1. The second-order valence-electron chi connectivity index (χ2n) is 7.87. The summed E-state index contributed by atoms with van der Waals surface area (Å²) >= 11 is 0. The first-order chi connectivity index (χ1) is 11.7. The van der Waals surface area contributed by atoms with Crippen molar-refractivity contribution in [3.05, 3.63) is 29.8 Å². The van der Waals surface area contributed by atoms with Crippen LogP contribution in [0.5, 0.6) is 0 Å². The molecule has 1 heterocycles. The molecule has 1 saturated heterocycles. The number of amides is 1. The summed E-state index contributed by atoms with van der Waals surface area (Å²) in [5, 5.41) is 13.1. The quantitative estimate of drug-likeness (QED) is 0.843. The van der Waals surface area contributed by atoms with Gasteiger partial charge in [-0.05, 0) is 74.5 Å². The lowest BCUT2D eigenvalue weighted by Gasteiger charge is -2.32. The molecule has 0 aromatic heterocycles. The normalized spacial score (nSPS) is 24.2. The van der Waals surface area contributed by atoms with Crippen LogP contribution in [0, 0.1) is 17.8 Å². The Hall–Kier alpha value is -1.55. The zero-order valence-corrected chi connectivity index (χ0v) is 14.3. The first kappa shape index (κ1) is 15.9. The third kappa shape index (κ3) is 3.59. The van der Waals surface area contributed by atoms with Crippen LogP contribution in [0.25, 0.3) is 0 Å². The fourth-order valence-electron chi connectivity index (χ4n) is 4.05. The fraction of sp³-hybridized carbons (Fsp3) is 0.650. The van der Waals surface area contributed by atoms with Crippen molar-refractivity contribution in [2.45, 2.75) is 44.6 Å². The molecule has 4 rings (SSSR count). The number of nitrogens with one attached hydrogen (secondary N) is 1. The van der Waals surface area contributed by atoms with Crippen molar-refractivity contribution in [3.63, 3.8) is 0 Å². The van der Waals surface area contributed by atoms with Crippen molar-refractivity contribution in [1.29, 1.82) is 0 Å². The van der Waals surface area contributed by atoms with Crippen molar-refractivity contribution < 1.29 is 9.90 Å². The number of aliphatic hydroxyl groups excluding tert-OH is 1. The summed E-state index contributed by atoms with van der Waals surface area (Å²) in [4.78, 5) is 14.7. The average Bonchev–Trinajstić information content (AvgIpc) is 3.52. The molecule has 2 N–H and O–H groups in total. The maximum Gasteiger partial charge on any atom is 0.253 e. The third-order valence-electron chi connectivity index (χ3n) is 5.77. The summed E-state index contributed by atoms with van der Waals surface area (Å²) in [5.41, 5.74) is 1.85. The van der Waals surface area contributed by atoms with E-state index in [0.29, 0.717) is 12.6 Å². The fourth-order valence-corrected chi connectivity index (χ4v) is 4.05. The van der Waals surface area contributed by atoms with Crippen LogP contribution in [0.4, 0.5) is 5.69 Å². The number of rotatable bonds is 6. The molecule has 3 aliphatic rings. The number of aliphatic hydroxyl groups is 1. The van der Waals surface area contributed by atoms with E-state index in [4.69, 9.17) is 0 Å². The van der Waals surface area contributed by atoms with Crippen LogP contribution >= 0.6 is 0 Å². The highest BCUT2D eigenvalue weighted by molar-refractivity contribution is 5.95. The Morgan fingerprint density at radius 3 is 2.62 bits per heavy atom. The first-order valence-corrected chi connectivity index (χ1v) is 9.51. The molecule has 3 fully saturated rings. The van der Waals surface area contributed by atoms with E-state index < -0.39 is 0 Å². The molecule has 1 unspecified atom stereocenters. The van der Waals surface area contributed by atoms with Gasteiger partial charge in [-0.15, -0.1) is 0 Å². The van der Waals surface area contributed by atoms with E-state index >= 15 is 0 Å². The number of carbonyl (C=O) groups excluding carboxylic acids is 1. The molecule has 2 aliphatic carbocycles. The van der Waals surface area contributed by atoms with Gasteiger partial charge in [-0.2, -0.15) is 0 Å².